The molecule has 0 aromatic carbocycles. The maximum absolute atomic E-state index is 10.9. The maximum Gasteiger partial charge on any atom is 0.271 e. The molecule has 0 amide bonds. The Morgan fingerprint density at radius 2 is 2.38 bits per heavy atom. The Balaban J connectivity index is 2.87. The van der Waals surface area contributed by atoms with Crippen LogP contribution >= 0.6 is 15.9 Å². The van der Waals surface area contributed by atoms with Crippen LogP contribution in [0, 0.1) is 11.8 Å². The monoisotopic (exact) mass is 240 g/mol. The summed E-state index contributed by atoms with van der Waals surface area (Å²) in [6, 6.07) is 1.57. The fraction of sp³-hybridized carbons (Fsp3) is 0.222. The van der Waals surface area contributed by atoms with Crippen LogP contribution in [-0.4, -0.2) is 10.3 Å². The highest BCUT2D eigenvalue weighted by atomic mass is 79.9. The highest BCUT2D eigenvalue weighted by Gasteiger charge is 1.93. The van der Waals surface area contributed by atoms with E-state index in [0.717, 1.165) is 17.3 Å². The lowest BCUT2D eigenvalue weighted by Crippen LogP contribution is -2.10. The summed E-state index contributed by atoms with van der Waals surface area (Å²) in [6.45, 7) is 0. The Morgan fingerprint density at radius 1 is 1.62 bits per heavy atom. The highest BCUT2D eigenvalue weighted by molar-refractivity contribution is 9.09. The molecule has 13 heavy (non-hydrogen) atoms. The second-order valence-electron chi connectivity index (χ2n) is 2.41. The summed E-state index contributed by atoms with van der Waals surface area (Å²) in [5.41, 5.74) is 6.07. The number of nitrogens with one attached hydrogen (secondary N) is 1. The summed E-state index contributed by atoms with van der Waals surface area (Å²) in [6.07, 6.45) is 2.33. The molecular weight excluding hydrogens is 232 g/mol. The highest BCUT2D eigenvalue weighted by Crippen LogP contribution is 1.97. The molecule has 0 atom stereocenters. The van der Waals surface area contributed by atoms with Crippen molar-refractivity contribution in [3.05, 3.63) is 28.2 Å². The van der Waals surface area contributed by atoms with Crippen molar-refractivity contribution in [2.75, 3.05) is 11.1 Å². The van der Waals surface area contributed by atoms with Gasteiger partial charge in [0.25, 0.3) is 5.56 Å². The molecule has 4 heteroatoms. The molecule has 3 nitrogen and oxygen atoms in total. The minimum Gasteiger partial charge on any atom is -0.394 e. The molecule has 1 heterocycles. The van der Waals surface area contributed by atoms with Gasteiger partial charge in [-0.25, -0.2) is 0 Å². The number of halogens is 1. The molecular formula is C9H9BrN2O. The summed E-state index contributed by atoms with van der Waals surface area (Å²) in [4.78, 5) is 13.4. The minimum absolute atomic E-state index is 0.200. The molecule has 0 radical (unpaired) electrons. The van der Waals surface area contributed by atoms with E-state index in [1.54, 1.807) is 12.3 Å². The van der Waals surface area contributed by atoms with Crippen LogP contribution in [0.25, 0.3) is 0 Å². The van der Waals surface area contributed by atoms with Crippen molar-refractivity contribution in [3.8, 4) is 11.8 Å². The van der Waals surface area contributed by atoms with Crippen LogP contribution in [0.3, 0.4) is 0 Å². The molecule has 1 aromatic rings. The number of anilines is 1. The van der Waals surface area contributed by atoms with Crippen LogP contribution in [0.1, 0.15) is 12.0 Å². The standard InChI is InChI=1S/C9H9BrN2O/c10-4-2-1-3-7-5-8(11)9(13)12-6-7/h5-6H,2,4,11H2,(H,12,13). The van der Waals surface area contributed by atoms with Gasteiger partial charge in [-0.3, -0.25) is 4.79 Å². The van der Waals surface area contributed by atoms with Crippen molar-refractivity contribution < 1.29 is 0 Å². The molecule has 0 saturated heterocycles. The number of H-pyrrole nitrogens is 1. The van der Waals surface area contributed by atoms with Gasteiger partial charge in [-0.05, 0) is 6.07 Å². The van der Waals surface area contributed by atoms with Gasteiger partial charge in [0.15, 0.2) is 0 Å². The van der Waals surface area contributed by atoms with Gasteiger partial charge in [0.05, 0.1) is 5.69 Å². The Kier molecular flexibility index (Phi) is 3.59. The number of hydrogen-bond acceptors (Lipinski definition) is 2. The smallest absolute Gasteiger partial charge is 0.271 e. The largest absolute Gasteiger partial charge is 0.394 e. The van der Waals surface area contributed by atoms with E-state index in [1.807, 2.05) is 0 Å². The third kappa shape index (κ3) is 2.96. The quantitative estimate of drug-likeness (QED) is 0.571. The third-order valence-corrected chi connectivity index (χ3v) is 1.78. The molecule has 1 rings (SSSR count). The van der Waals surface area contributed by atoms with E-state index in [4.69, 9.17) is 5.73 Å². The molecule has 0 aliphatic heterocycles. The molecule has 0 saturated carbocycles. The zero-order chi connectivity index (χ0) is 9.68. The molecule has 1 aromatic heterocycles. The van der Waals surface area contributed by atoms with E-state index >= 15 is 0 Å². The predicted octanol–water partition coefficient (Wildman–Crippen LogP) is 1.09. The summed E-state index contributed by atoms with van der Waals surface area (Å²) in [5.74, 6) is 5.81. The van der Waals surface area contributed by atoms with Gasteiger partial charge in [-0.15, -0.1) is 0 Å². The second kappa shape index (κ2) is 4.73. The summed E-state index contributed by atoms with van der Waals surface area (Å²) in [7, 11) is 0. The molecule has 68 valence electrons. The molecule has 0 unspecified atom stereocenters. The van der Waals surface area contributed by atoms with Crippen molar-refractivity contribution in [2.45, 2.75) is 6.42 Å². The average molecular weight is 241 g/mol. The fourth-order valence-electron chi connectivity index (χ4n) is 0.785. The van der Waals surface area contributed by atoms with Gasteiger partial charge >= 0.3 is 0 Å². The van der Waals surface area contributed by atoms with Gasteiger partial charge in [0.1, 0.15) is 0 Å². The van der Waals surface area contributed by atoms with Gasteiger partial charge in [0.2, 0.25) is 0 Å². The van der Waals surface area contributed by atoms with Crippen LogP contribution in [0.4, 0.5) is 5.69 Å². The summed E-state index contributed by atoms with van der Waals surface area (Å²) in [5, 5.41) is 0.846. The number of nitrogens with two attached hydrogens (primary N) is 1. The minimum atomic E-state index is -0.272. The number of hydrogen-bond donors (Lipinski definition) is 2. The van der Waals surface area contributed by atoms with E-state index in [-0.39, 0.29) is 11.2 Å². The molecule has 0 bridgehead atoms. The number of pyridine rings is 1. The maximum atomic E-state index is 10.9. The molecule has 3 N–H and O–H groups in total. The Labute approximate surface area is 84.5 Å². The first-order valence-corrected chi connectivity index (χ1v) is 4.89. The van der Waals surface area contributed by atoms with Crippen LogP contribution in [0.15, 0.2) is 17.1 Å². The van der Waals surface area contributed by atoms with Crippen LogP contribution in [0.5, 0.6) is 0 Å². The lowest BCUT2D eigenvalue weighted by atomic mass is 10.2. The van der Waals surface area contributed by atoms with Gasteiger partial charge in [-0.1, -0.05) is 27.8 Å². The van der Waals surface area contributed by atoms with Crippen molar-refractivity contribution in [1.82, 2.24) is 4.98 Å². The molecule has 0 fully saturated rings. The van der Waals surface area contributed by atoms with E-state index in [0.29, 0.717) is 0 Å². The summed E-state index contributed by atoms with van der Waals surface area (Å²) >= 11 is 3.26. The van der Waals surface area contributed by atoms with Crippen molar-refractivity contribution in [3.63, 3.8) is 0 Å². The number of aromatic amines is 1. The average Bonchev–Trinajstić information content (AvgIpc) is 2.12. The zero-order valence-corrected chi connectivity index (χ0v) is 8.52. The first-order valence-electron chi connectivity index (χ1n) is 3.77. The lowest BCUT2D eigenvalue weighted by Gasteiger charge is -1.91. The van der Waals surface area contributed by atoms with E-state index in [9.17, 15) is 4.79 Å². The van der Waals surface area contributed by atoms with Crippen LogP contribution < -0.4 is 11.3 Å². The lowest BCUT2D eigenvalue weighted by molar-refractivity contribution is 1.23. The zero-order valence-electron chi connectivity index (χ0n) is 6.93. The number of alkyl halides is 1. The van der Waals surface area contributed by atoms with Gasteiger partial charge in [0, 0.05) is 23.5 Å². The molecule has 0 aliphatic carbocycles. The van der Waals surface area contributed by atoms with E-state index in [1.165, 1.54) is 0 Å². The van der Waals surface area contributed by atoms with E-state index in [2.05, 4.69) is 32.8 Å². The Morgan fingerprint density at radius 3 is 3.00 bits per heavy atom. The Bertz CT molecular complexity index is 400. The van der Waals surface area contributed by atoms with Gasteiger partial charge < -0.3 is 10.7 Å². The predicted molar refractivity (Wildman–Crippen MR) is 56.8 cm³/mol. The van der Waals surface area contributed by atoms with Gasteiger partial charge in [-0.2, -0.15) is 0 Å². The van der Waals surface area contributed by atoms with Crippen LogP contribution in [0.2, 0.25) is 0 Å². The SMILES string of the molecule is Nc1cc(C#CCCBr)c[nH]c1=O. The van der Waals surface area contributed by atoms with Crippen molar-refractivity contribution in [1.29, 1.82) is 0 Å². The number of rotatable bonds is 1. The van der Waals surface area contributed by atoms with E-state index < -0.39 is 0 Å². The first kappa shape index (κ1) is 9.87. The molecule has 0 aliphatic rings. The number of nitrogen functional groups attached to an aromatic ring is 1. The normalized spacial score (nSPS) is 9.00. The Hall–Kier alpha value is -1.21. The van der Waals surface area contributed by atoms with Crippen LogP contribution in [-0.2, 0) is 0 Å². The topological polar surface area (TPSA) is 58.9 Å². The third-order valence-electron chi connectivity index (χ3n) is 1.38. The van der Waals surface area contributed by atoms with Crippen molar-refractivity contribution in [2.24, 2.45) is 0 Å². The summed E-state index contributed by atoms with van der Waals surface area (Å²) < 4.78 is 0. The van der Waals surface area contributed by atoms with Crippen molar-refractivity contribution >= 4 is 21.6 Å². The first-order chi connectivity index (χ1) is 6.24. The fourth-order valence-corrected chi connectivity index (χ4v) is 0.984. The molecule has 0 spiro atoms. The number of aromatic nitrogens is 1. The second-order valence-corrected chi connectivity index (χ2v) is 3.21.